The van der Waals surface area contributed by atoms with Crippen molar-refractivity contribution in [2.75, 3.05) is 53.8 Å². The Bertz CT molecular complexity index is 2150. The monoisotopic (exact) mass is 821 g/mol. The van der Waals surface area contributed by atoms with Crippen molar-refractivity contribution in [2.24, 2.45) is 0 Å². The van der Waals surface area contributed by atoms with Crippen LogP contribution in [-0.4, -0.2) is 76.5 Å². The van der Waals surface area contributed by atoms with Gasteiger partial charge in [0.25, 0.3) is 11.8 Å². The van der Waals surface area contributed by atoms with Crippen LogP contribution < -0.4 is 14.0 Å². The van der Waals surface area contributed by atoms with Crippen molar-refractivity contribution in [2.45, 2.75) is 12.2 Å². The molecule has 13 nitrogen and oxygen atoms in total. The zero-order chi connectivity index (χ0) is 41.5. The summed E-state index contributed by atoms with van der Waals surface area (Å²) < 4.78 is 59.6. The van der Waals surface area contributed by atoms with Crippen LogP contribution in [0.15, 0.2) is 146 Å². The number of amides is 2. The standard InChI is InChI=1S/C45H44NO12P/c1-51-39-21-15-37(16-22-39)45(36-11-7-4-8-12-36,38-17-23-40(52-2)24-18-38)55-33-34-13-19-41(20-14-34)58-59(50,57-32-30-54-44(49)35-9-5-3-6-10-35)56-31-29-53-28-27-46-42(47)25-26-43(46)48/h3-26H,27-33H2,1-2H3. The lowest BCUT2D eigenvalue weighted by atomic mass is 9.80. The predicted molar refractivity (Wildman–Crippen MR) is 217 cm³/mol. The van der Waals surface area contributed by atoms with Crippen molar-refractivity contribution in [3.8, 4) is 17.2 Å². The number of phosphoric ester groups is 1. The van der Waals surface area contributed by atoms with Crippen LogP contribution in [0.3, 0.4) is 0 Å². The van der Waals surface area contributed by atoms with Crippen molar-refractivity contribution in [3.63, 3.8) is 0 Å². The number of rotatable bonds is 22. The Morgan fingerprint density at radius 3 is 1.66 bits per heavy atom. The van der Waals surface area contributed by atoms with Crippen LogP contribution in [0.4, 0.5) is 0 Å². The highest BCUT2D eigenvalue weighted by Crippen LogP contribution is 2.49. The first-order chi connectivity index (χ1) is 28.7. The van der Waals surface area contributed by atoms with Crippen LogP contribution in [0.2, 0.25) is 0 Å². The van der Waals surface area contributed by atoms with Gasteiger partial charge in [0.05, 0.1) is 59.4 Å². The molecule has 0 saturated heterocycles. The van der Waals surface area contributed by atoms with E-state index in [1.807, 2.05) is 78.9 Å². The highest BCUT2D eigenvalue weighted by Gasteiger charge is 2.38. The van der Waals surface area contributed by atoms with Crippen LogP contribution in [0.1, 0.15) is 32.6 Å². The van der Waals surface area contributed by atoms with Crippen LogP contribution in [0.5, 0.6) is 17.2 Å². The van der Waals surface area contributed by atoms with E-state index in [1.165, 1.54) is 12.2 Å². The number of esters is 1. The maximum atomic E-state index is 13.9. The fourth-order valence-electron chi connectivity index (χ4n) is 6.19. The molecule has 0 fully saturated rings. The van der Waals surface area contributed by atoms with Gasteiger partial charge in [0, 0.05) is 12.2 Å². The summed E-state index contributed by atoms with van der Waals surface area (Å²) in [6.45, 7) is -0.550. The highest BCUT2D eigenvalue weighted by molar-refractivity contribution is 7.48. The number of hydrogen-bond donors (Lipinski definition) is 0. The Labute approximate surface area is 342 Å². The third kappa shape index (κ3) is 11.1. The van der Waals surface area contributed by atoms with Gasteiger partial charge in [-0.25, -0.2) is 9.36 Å². The molecule has 306 valence electrons. The van der Waals surface area contributed by atoms with Crippen molar-refractivity contribution in [3.05, 3.63) is 173 Å². The lowest BCUT2D eigenvalue weighted by molar-refractivity contribution is -0.137. The fraction of sp³-hybridized carbons (Fsp3) is 0.222. The van der Waals surface area contributed by atoms with E-state index in [1.54, 1.807) is 68.8 Å². The summed E-state index contributed by atoms with van der Waals surface area (Å²) in [5.41, 5.74) is 2.74. The summed E-state index contributed by atoms with van der Waals surface area (Å²) in [6, 6.07) is 40.6. The Morgan fingerprint density at radius 1 is 0.593 bits per heavy atom. The van der Waals surface area contributed by atoms with Crippen LogP contribution in [0.25, 0.3) is 0 Å². The number of benzene rings is 5. The Morgan fingerprint density at radius 2 is 1.10 bits per heavy atom. The first-order valence-electron chi connectivity index (χ1n) is 18.7. The molecule has 0 aromatic heterocycles. The van der Waals surface area contributed by atoms with Gasteiger partial charge in [-0.2, -0.15) is 0 Å². The molecular formula is C45H44NO12P. The SMILES string of the molecule is COc1ccc(C(OCc2ccc(OP(=O)(OCCOCCN3C(=O)C=CC3=O)OCCOC(=O)c3ccccc3)cc2)(c2ccccc2)c2ccc(OC)cc2)cc1. The van der Waals surface area contributed by atoms with Crippen molar-refractivity contribution in [1.29, 1.82) is 0 Å². The number of carbonyl (C=O) groups is 3. The van der Waals surface area contributed by atoms with Crippen LogP contribution >= 0.6 is 7.82 Å². The number of carbonyl (C=O) groups excluding carboxylic acids is 3. The summed E-state index contributed by atoms with van der Waals surface area (Å²) in [6.07, 6.45) is 2.38. The summed E-state index contributed by atoms with van der Waals surface area (Å²) in [7, 11) is -1.07. The largest absolute Gasteiger partial charge is 0.530 e. The molecule has 5 aromatic rings. The molecule has 14 heteroatoms. The summed E-state index contributed by atoms with van der Waals surface area (Å²) in [4.78, 5) is 37.1. The van der Waals surface area contributed by atoms with Gasteiger partial charge in [0.2, 0.25) is 0 Å². The first-order valence-corrected chi connectivity index (χ1v) is 20.2. The number of hydrogen-bond acceptors (Lipinski definition) is 12. The van der Waals surface area contributed by atoms with Gasteiger partial charge >= 0.3 is 13.8 Å². The van der Waals surface area contributed by atoms with Crippen LogP contribution in [-0.2, 0) is 49.6 Å². The Hall–Kier alpha value is -6.08. The van der Waals surface area contributed by atoms with Gasteiger partial charge in [-0.3, -0.25) is 23.5 Å². The molecule has 6 rings (SSSR count). The van der Waals surface area contributed by atoms with E-state index in [-0.39, 0.29) is 51.9 Å². The molecule has 1 aliphatic heterocycles. The van der Waals surface area contributed by atoms with E-state index in [9.17, 15) is 18.9 Å². The Balaban J connectivity index is 1.15. The maximum Gasteiger partial charge on any atom is 0.530 e. The molecule has 1 heterocycles. The number of ether oxygens (including phenoxy) is 5. The molecule has 59 heavy (non-hydrogen) atoms. The minimum atomic E-state index is -4.30. The molecular weight excluding hydrogens is 777 g/mol. The van der Waals surface area contributed by atoms with E-state index in [2.05, 4.69) is 0 Å². The summed E-state index contributed by atoms with van der Waals surface area (Å²) in [5.74, 6) is 0.179. The first kappa shape index (κ1) is 42.5. The summed E-state index contributed by atoms with van der Waals surface area (Å²) in [5, 5.41) is 0. The third-order valence-electron chi connectivity index (χ3n) is 9.18. The van der Waals surface area contributed by atoms with E-state index in [4.69, 9.17) is 37.3 Å². The minimum Gasteiger partial charge on any atom is -0.497 e. The fourth-order valence-corrected chi connectivity index (χ4v) is 7.35. The van der Waals surface area contributed by atoms with Crippen LogP contribution in [0, 0.1) is 0 Å². The van der Waals surface area contributed by atoms with E-state index in [0.29, 0.717) is 17.1 Å². The smallest absolute Gasteiger partial charge is 0.497 e. The maximum absolute atomic E-state index is 13.9. The molecule has 0 bridgehead atoms. The average Bonchev–Trinajstić information content (AvgIpc) is 3.60. The molecule has 5 aromatic carbocycles. The van der Waals surface area contributed by atoms with Crippen molar-refractivity contribution < 1.29 is 56.2 Å². The van der Waals surface area contributed by atoms with E-state index >= 15 is 0 Å². The lowest BCUT2D eigenvalue weighted by Gasteiger charge is -2.36. The number of phosphoric acid groups is 1. The second-order valence-corrected chi connectivity index (χ2v) is 14.5. The highest BCUT2D eigenvalue weighted by atomic mass is 31.2. The van der Waals surface area contributed by atoms with Gasteiger partial charge in [-0.15, -0.1) is 0 Å². The number of imide groups is 1. The second kappa shape index (κ2) is 20.6. The van der Waals surface area contributed by atoms with Gasteiger partial charge in [-0.1, -0.05) is 84.9 Å². The molecule has 0 radical (unpaired) electrons. The second-order valence-electron chi connectivity index (χ2n) is 12.9. The predicted octanol–water partition coefficient (Wildman–Crippen LogP) is 7.53. The van der Waals surface area contributed by atoms with Crippen molar-refractivity contribution >= 4 is 25.6 Å². The normalized spacial score (nSPS) is 13.6. The van der Waals surface area contributed by atoms with E-state index < -0.39 is 31.2 Å². The Kier molecular flexibility index (Phi) is 14.8. The quantitative estimate of drug-likeness (QED) is 0.0224. The van der Waals surface area contributed by atoms with E-state index in [0.717, 1.165) is 27.2 Å². The van der Waals surface area contributed by atoms with Gasteiger partial charge in [-0.05, 0) is 70.8 Å². The molecule has 0 N–H and O–H groups in total. The van der Waals surface area contributed by atoms with Crippen molar-refractivity contribution in [1.82, 2.24) is 4.90 Å². The lowest BCUT2D eigenvalue weighted by Crippen LogP contribution is -2.33. The molecule has 0 spiro atoms. The number of methoxy groups -OCH3 is 2. The molecule has 1 aliphatic rings. The molecule has 0 aliphatic carbocycles. The van der Waals surface area contributed by atoms with Gasteiger partial charge in [0.15, 0.2) is 0 Å². The zero-order valence-corrected chi connectivity index (χ0v) is 33.5. The van der Waals surface area contributed by atoms with Gasteiger partial charge in [0.1, 0.15) is 29.5 Å². The minimum absolute atomic E-state index is 0.0377. The average molecular weight is 822 g/mol. The topological polar surface area (TPSA) is 145 Å². The number of nitrogens with zero attached hydrogens (tertiary/aromatic N) is 1. The molecule has 1 atom stereocenters. The third-order valence-corrected chi connectivity index (χ3v) is 10.6. The zero-order valence-electron chi connectivity index (χ0n) is 32.6. The molecule has 0 saturated carbocycles. The van der Waals surface area contributed by atoms with Gasteiger partial charge < -0.3 is 28.2 Å². The molecule has 1 unspecified atom stereocenters. The molecule has 2 amide bonds. The summed E-state index contributed by atoms with van der Waals surface area (Å²) >= 11 is 0.